The van der Waals surface area contributed by atoms with Crippen molar-refractivity contribution in [3.8, 4) is 11.5 Å². The second kappa shape index (κ2) is 9.39. The van der Waals surface area contributed by atoms with Gasteiger partial charge in [0.25, 0.3) is 0 Å². The minimum atomic E-state index is -0.306. The van der Waals surface area contributed by atoms with E-state index in [1.165, 1.54) is 6.42 Å². The van der Waals surface area contributed by atoms with E-state index in [0.717, 1.165) is 55.4 Å². The number of hydrogen-bond donors (Lipinski definition) is 1. The smallest absolute Gasteiger partial charge is 0.127 e. The van der Waals surface area contributed by atoms with Crippen LogP contribution in [0.5, 0.6) is 11.5 Å². The molecule has 3 atom stereocenters. The lowest BCUT2D eigenvalue weighted by molar-refractivity contribution is -0.00995. The molecule has 164 valence electrons. The molecular formula is C24H34IN3O2. The summed E-state index contributed by atoms with van der Waals surface area (Å²) >= 11 is 2.26. The number of hydrogen-bond acceptors (Lipinski definition) is 3. The molecule has 1 aromatic rings. The highest BCUT2D eigenvalue weighted by Gasteiger charge is 2.47. The quantitative estimate of drug-likeness (QED) is 0.130. The van der Waals surface area contributed by atoms with Crippen LogP contribution in [0.3, 0.4) is 0 Å². The number of phenolic OH excluding ortho intramolecular Hbond substituents is 1. The molecule has 1 N–H and O–H groups in total. The fourth-order valence-electron chi connectivity index (χ4n) is 5.33. The predicted octanol–water partition coefficient (Wildman–Crippen LogP) is 7.91. The summed E-state index contributed by atoms with van der Waals surface area (Å²) in [5.74, 6) is 1.60. The summed E-state index contributed by atoms with van der Waals surface area (Å²) in [5.41, 5.74) is 10.6. The number of benzene rings is 1. The molecule has 3 unspecified atom stereocenters. The highest BCUT2D eigenvalue weighted by Crippen LogP contribution is 2.55. The Hall–Kier alpha value is -1.40. The molecule has 1 aliphatic carbocycles. The average Bonchev–Trinajstić information content (AvgIpc) is 2.67. The van der Waals surface area contributed by atoms with Crippen LogP contribution in [0, 0.1) is 5.92 Å². The van der Waals surface area contributed by atoms with Gasteiger partial charge in [0.15, 0.2) is 0 Å². The number of allylic oxidation sites excluding steroid dienone is 1. The summed E-state index contributed by atoms with van der Waals surface area (Å²) in [6, 6.07) is 4.08. The second-order valence-electron chi connectivity index (χ2n) is 9.99. The van der Waals surface area contributed by atoms with Crippen LogP contribution in [0.25, 0.3) is 10.4 Å². The van der Waals surface area contributed by atoms with Crippen LogP contribution in [0.2, 0.25) is 0 Å². The van der Waals surface area contributed by atoms with Gasteiger partial charge >= 0.3 is 0 Å². The van der Waals surface area contributed by atoms with Crippen LogP contribution >= 0.6 is 22.6 Å². The minimum Gasteiger partial charge on any atom is -0.508 e. The van der Waals surface area contributed by atoms with Crippen molar-refractivity contribution in [3.05, 3.63) is 43.9 Å². The van der Waals surface area contributed by atoms with Crippen LogP contribution in [-0.4, -0.2) is 16.7 Å². The van der Waals surface area contributed by atoms with E-state index in [4.69, 9.17) is 10.3 Å². The SMILES string of the molecule is CC(C)(CCCCC=CI)c1cc(O)c2c(c1)OC(C)(C)C1CCC(N=[N+]=[N-])CC21. The van der Waals surface area contributed by atoms with Gasteiger partial charge in [-0.2, -0.15) is 0 Å². The van der Waals surface area contributed by atoms with Gasteiger partial charge in [-0.05, 0) is 91.0 Å². The first-order chi connectivity index (χ1) is 14.2. The van der Waals surface area contributed by atoms with Crippen LogP contribution in [0.1, 0.15) is 89.7 Å². The van der Waals surface area contributed by atoms with E-state index in [0.29, 0.717) is 11.7 Å². The number of phenols is 1. The van der Waals surface area contributed by atoms with Gasteiger partial charge in [-0.1, -0.05) is 54.0 Å². The van der Waals surface area contributed by atoms with Crippen LogP contribution < -0.4 is 4.74 Å². The fraction of sp³-hybridized carbons (Fsp3) is 0.667. The topological polar surface area (TPSA) is 78.2 Å². The largest absolute Gasteiger partial charge is 0.508 e. The third-order valence-corrected chi connectivity index (χ3v) is 7.60. The summed E-state index contributed by atoms with van der Waals surface area (Å²) in [5, 5.41) is 15.1. The molecule has 0 spiro atoms. The Kier molecular flexibility index (Phi) is 7.28. The van der Waals surface area contributed by atoms with Crippen LogP contribution in [0.4, 0.5) is 0 Å². The standard InChI is InChI=1S/C24H34IN3O2/c1-23(2,11-7-5-6-8-12-25)16-13-20(29)22-18-15-17(27-28-26)9-10-19(18)24(3,4)30-21(22)14-16/h8,12-14,17-19,29H,5-7,9-11,15H2,1-4H3. The molecule has 1 aliphatic heterocycles. The van der Waals surface area contributed by atoms with Gasteiger partial charge in [0.05, 0.1) is 0 Å². The number of ether oxygens (including phenoxy) is 1. The summed E-state index contributed by atoms with van der Waals surface area (Å²) in [7, 11) is 0. The first-order valence-corrected chi connectivity index (χ1v) is 12.3. The predicted molar refractivity (Wildman–Crippen MR) is 130 cm³/mol. The molecule has 0 bridgehead atoms. The molecule has 1 saturated carbocycles. The molecule has 0 aromatic heterocycles. The molecule has 2 aliphatic rings. The average molecular weight is 523 g/mol. The lowest BCUT2D eigenvalue weighted by Gasteiger charge is -2.49. The number of nitrogens with zero attached hydrogens (tertiary/aromatic N) is 3. The van der Waals surface area contributed by atoms with E-state index in [-0.39, 0.29) is 23.0 Å². The number of azide groups is 1. The molecule has 0 amide bonds. The van der Waals surface area contributed by atoms with E-state index in [2.05, 4.69) is 76.5 Å². The molecule has 0 radical (unpaired) electrons. The summed E-state index contributed by atoms with van der Waals surface area (Å²) in [6.45, 7) is 8.79. The van der Waals surface area contributed by atoms with Gasteiger partial charge in [-0.3, -0.25) is 0 Å². The lowest BCUT2D eigenvalue weighted by Crippen LogP contribution is -2.47. The number of rotatable bonds is 7. The maximum absolute atomic E-state index is 11.1. The Morgan fingerprint density at radius 3 is 2.80 bits per heavy atom. The minimum absolute atomic E-state index is 0.00916. The van der Waals surface area contributed by atoms with Crippen molar-refractivity contribution >= 4 is 22.6 Å². The number of fused-ring (bicyclic) bond motifs is 3. The van der Waals surface area contributed by atoms with Crippen molar-refractivity contribution in [2.45, 2.75) is 95.6 Å². The highest BCUT2D eigenvalue weighted by molar-refractivity contribution is 14.1. The van der Waals surface area contributed by atoms with Gasteiger partial charge in [0.1, 0.15) is 17.1 Å². The van der Waals surface area contributed by atoms with Crippen molar-refractivity contribution in [2.24, 2.45) is 11.0 Å². The Balaban J connectivity index is 1.89. The Morgan fingerprint density at radius 1 is 1.33 bits per heavy atom. The number of unbranched alkanes of at least 4 members (excludes halogenated alkanes) is 2. The van der Waals surface area contributed by atoms with Crippen molar-refractivity contribution in [1.82, 2.24) is 0 Å². The molecule has 1 fully saturated rings. The van der Waals surface area contributed by atoms with Gasteiger partial charge in [0, 0.05) is 22.4 Å². The van der Waals surface area contributed by atoms with Crippen molar-refractivity contribution in [2.75, 3.05) is 0 Å². The molecule has 1 heterocycles. The lowest BCUT2D eigenvalue weighted by atomic mass is 9.65. The molecule has 3 rings (SSSR count). The fourth-order valence-corrected chi connectivity index (χ4v) is 5.69. The third-order valence-electron chi connectivity index (χ3n) is 7.09. The zero-order valence-corrected chi connectivity index (χ0v) is 20.7. The molecule has 6 heteroatoms. The molecule has 0 saturated heterocycles. The van der Waals surface area contributed by atoms with E-state index in [1.54, 1.807) is 0 Å². The van der Waals surface area contributed by atoms with E-state index < -0.39 is 0 Å². The zero-order chi connectivity index (χ0) is 21.9. The van der Waals surface area contributed by atoms with Crippen LogP contribution in [0.15, 0.2) is 27.4 Å². The van der Waals surface area contributed by atoms with E-state index >= 15 is 0 Å². The summed E-state index contributed by atoms with van der Waals surface area (Å²) in [4.78, 5) is 3.03. The van der Waals surface area contributed by atoms with E-state index in [9.17, 15) is 5.11 Å². The van der Waals surface area contributed by atoms with Gasteiger partial charge in [-0.15, -0.1) is 0 Å². The zero-order valence-electron chi connectivity index (χ0n) is 18.6. The number of aromatic hydroxyl groups is 1. The second-order valence-corrected chi connectivity index (χ2v) is 10.7. The Bertz CT molecular complexity index is 843. The molecule has 1 aromatic carbocycles. The summed E-state index contributed by atoms with van der Waals surface area (Å²) < 4.78 is 8.56. The van der Waals surface area contributed by atoms with Crippen molar-refractivity contribution in [3.63, 3.8) is 0 Å². The third kappa shape index (κ3) is 4.91. The van der Waals surface area contributed by atoms with Gasteiger partial charge in [-0.25, -0.2) is 0 Å². The van der Waals surface area contributed by atoms with Crippen molar-refractivity contribution < 1.29 is 9.84 Å². The first kappa shape index (κ1) is 23.3. The maximum atomic E-state index is 11.1. The van der Waals surface area contributed by atoms with Gasteiger partial charge in [0.2, 0.25) is 0 Å². The van der Waals surface area contributed by atoms with Crippen LogP contribution in [-0.2, 0) is 5.41 Å². The molecular weight excluding hydrogens is 489 g/mol. The highest BCUT2D eigenvalue weighted by atomic mass is 127. The van der Waals surface area contributed by atoms with Gasteiger partial charge < -0.3 is 9.84 Å². The Morgan fingerprint density at radius 2 is 2.10 bits per heavy atom. The maximum Gasteiger partial charge on any atom is 0.127 e. The van der Waals surface area contributed by atoms with Crippen molar-refractivity contribution in [1.29, 1.82) is 0 Å². The first-order valence-electron chi connectivity index (χ1n) is 11.1. The summed E-state index contributed by atoms with van der Waals surface area (Å²) in [6.07, 6.45) is 9.30. The van der Waals surface area contributed by atoms with E-state index in [1.807, 2.05) is 6.07 Å². The molecule has 30 heavy (non-hydrogen) atoms. The monoisotopic (exact) mass is 523 g/mol. The number of halogens is 1. The Labute approximate surface area is 194 Å². The molecule has 5 nitrogen and oxygen atoms in total. The normalized spacial score (nSPS) is 25.2.